The zero-order chi connectivity index (χ0) is 24.9. The van der Waals surface area contributed by atoms with Gasteiger partial charge in [0.15, 0.2) is 4.80 Å². The van der Waals surface area contributed by atoms with Gasteiger partial charge in [-0.3, -0.25) is 9.36 Å². The number of fused-ring (bicyclic) bond motifs is 2. The van der Waals surface area contributed by atoms with Crippen LogP contribution in [0.15, 0.2) is 63.5 Å². The fraction of sp³-hybridized carbons (Fsp3) is 0.192. The summed E-state index contributed by atoms with van der Waals surface area (Å²) in [5.74, 6) is -0.0717. The summed E-state index contributed by atoms with van der Waals surface area (Å²) in [5, 5.41) is 1.48. The van der Waals surface area contributed by atoms with Crippen molar-refractivity contribution < 1.29 is 14.3 Å². The molecule has 1 aliphatic rings. The number of nitrogens with one attached hydrogen (secondary N) is 1. The molecular weight excluding hydrogens is 486 g/mol. The highest BCUT2D eigenvalue weighted by Crippen LogP contribution is 2.37. The third kappa shape index (κ3) is 3.79. The van der Waals surface area contributed by atoms with Crippen LogP contribution in [0.1, 0.15) is 29.8 Å². The van der Waals surface area contributed by atoms with Crippen LogP contribution in [0, 0.1) is 6.92 Å². The van der Waals surface area contributed by atoms with Gasteiger partial charge in [0.25, 0.3) is 5.56 Å². The van der Waals surface area contributed by atoms with E-state index < -0.39 is 12.0 Å². The Kier molecular flexibility index (Phi) is 5.86. The molecule has 2 aromatic heterocycles. The maximum Gasteiger partial charge on any atom is 0.338 e. The summed E-state index contributed by atoms with van der Waals surface area (Å²) >= 11 is 7.60. The zero-order valence-corrected chi connectivity index (χ0v) is 21.1. The highest BCUT2D eigenvalue weighted by atomic mass is 35.5. The van der Waals surface area contributed by atoms with E-state index in [2.05, 4.69) is 9.98 Å². The molecule has 0 saturated heterocycles. The van der Waals surface area contributed by atoms with Gasteiger partial charge in [-0.15, -0.1) is 0 Å². The van der Waals surface area contributed by atoms with E-state index in [0.29, 0.717) is 31.4 Å². The molecule has 7 nitrogen and oxygen atoms in total. The number of ether oxygens (including phenoxy) is 2. The third-order valence-electron chi connectivity index (χ3n) is 6.13. The van der Waals surface area contributed by atoms with Gasteiger partial charge in [0.1, 0.15) is 11.8 Å². The number of methoxy groups -OCH3 is 2. The minimum Gasteiger partial charge on any atom is -0.496 e. The number of allylic oxidation sites excluding steroid dienone is 1. The number of aryl methyl sites for hydroxylation is 1. The van der Waals surface area contributed by atoms with Crippen LogP contribution in [0.4, 0.5) is 0 Å². The van der Waals surface area contributed by atoms with Crippen molar-refractivity contribution in [3.05, 3.63) is 95.3 Å². The van der Waals surface area contributed by atoms with E-state index in [1.54, 1.807) is 25.1 Å². The third-order valence-corrected chi connectivity index (χ3v) is 7.35. The number of esters is 1. The fourth-order valence-corrected chi connectivity index (χ4v) is 5.73. The number of hydrogen-bond donors (Lipinski definition) is 1. The highest BCUT2D eigenvalue weighted by Gasteiger charge is 2.35. The number of aromatic nitrogens is 2. The smallest absolute Gasteiger partial charge is 0.338 e. The Balaban J connectivity index is 1.82. The van der Waals surface area contributed by atoms with Crippen LogP contribution in [-0.4, -0.2) is 29.7 Å². The van der Waals surface area contributed by atoms with Gasteiger partial charge in [0.05, 0.1) is 30.0 Å². The Morgan fingerprint density at radius 2 is 1.97 bits per heavy atom. The molecule has 1 aliphatic heterocycles. The summed E-state index contributed by atoms with van der Waals surface area (Å²) < 4.78 is 12.7. The summed E-state index contributed by atoms with van der Waals surface area (Å²) in [6, 6.07) is 12.2. The molecule has 0 fully saturated rings. The van der Waals surface area contributed by atoms with E-state index in [1.807, 2.05) is 37.3 Å². The lowest BCUT2D eigenvalue weighted by Crippen LogP contribution is -2.40. The molecule has 4 aromatic rings. The van der Waals surface area contributed by atoms with E-state index >= 15 is 0 Å². The first-order valence-corrected chi connectivity index (χ1v) is 12.0. The lowest BCUT2D eigenvalue weighted by Gasteiger charge is -2.25. The Morgan fingerprint density at radius 3 is 2.71 bits per heavy atom. The predicted molar refractivity (Wildman–Crippen MR) is 137 cm³/mol. The van der Waals surface area contributed by atoms with Gasteiger partial charge in [-0.05, 0) is 44.2 Å². The Labute approximate surface area is 209 Å². The Bertz CT molecular complexity index is 1710. The Hall–Kier alpha value is -3.62. The lowest BCUT2D eigenvalue weighted by atomic mass is 9.95. The average molecular weight is 508 g/mol. The molecule has 178 valence electrons. The van der Waals surface area contributed by atoms with Crippen LogP contribution in [0.3, 0.4) is 0 Å². The number of carbonyl (C=O) groups is 1. The van der Waals surface area contributed by atoms with Crippen molar-refractivity contribution in [1.29, 1.82) is 0 Å². The van der Waals surface area contributed by atoms with Gasteiger partial charge in [-0.2, -0.15) is 0 Å². The topological polar surface area (TPSA) is 85.7 Å². The van der Waals surface area contributed by atoms with Crippen LogP contribution in [0.2, 0.25) is 5.02 Å². The number of rotatable bonds is 4. The molecule has 0 aliphatic carbocycles. The molecule has 0 amide bonds. The van der Waals surface area contributed by atoms with Crippen LogP contribution >= 0.6 is 22.9 Å². The first kappa shape index (κ1) is 23.1. The van der Waals surface area contributed by atoms with Crippen molar-refractivity contribution in [2.45, 2.75) is 19.9 Å². The summed E-state index contributed by atoms with van der Waals surface area (Å²) in [7, 11) is 2.84. The number of benzene rings is 2. The zero-order valence-electron chi connectivity index (χ0n) is 19.5. The summed E-state index contributed by atoms with van der Waals surface area (Å²) in [6.45, 7) is 3.71. The van der Waals surface area contributed by atoms with Crippen molar-refractivity contribution in [3.8, 4) is 5.75 Å². The molecule has 0 saturated carbocycles. The molecule has 0 spiro atoms. The van der Waals surface area contributed by atoms with Crippen LogP contribution in [0.25, 0.3) is 17.0 Å². The normalized spacial score (nSPS) is 15.8. The van der Waals surface area contributed by atoms with Crippen molar-refractivity contribution in [1.82, 2.24) is 9.55 Å². The SMILES string of the molecule is COC(=O)C1=C(C)N=c2s/c(=C\c3c(C)[nH]c4ccccc34)c(=O)n2[C@H]1c1cc(Cl)ccc1OC. The van der Waals surface area contributed by atoms with Gasteiger partial charge in [0, 0.05) is 32.7 Å². The molecule has 35 heavy (non-hydrogen) atoms. The fourth-order valence-electron chi connectivity index (χ4n) is 4.52. The molecular formula is C26H22ClN3O4S. The van der Waals surface area contributed by atoms with Crippen molar-refractivity contribution in [2.24, 2.45) is 4.99 Å². The number of para-hydroxylation sites is 1. The molecule has 5 rings (SSSR count). The Morgan fingerprint density at radius 1 is 1.20 bits per heavy atom. The largest absolute Gasteiger partial charge is 0.496 e. The lowest BCUT2D eigenvalue weighted by molar-refractivity contribution is -0.136. The van der Waals surface area contributed by atoms with Gasteiger partial charge < -0.3 is 14.5 Å². The molecule has 1 N–H and O–H groups in total. The number of carbonyl (C=O) groups excluding carboxylic acids is 1. The number of hydrogen-bond acceptors (Lipinski definition) is 6. The summed E-state index contributed by atoms with van der Waals surface area (Å²) in [6.07, 6.45) is 1.88. The number of H-pyrrole nitrogens is 1. The molecule has 0 bridgehead atoms. The maximum atomic E-state index is 13.8. The number of aromatic amines is 1. The van der Waals surface area contributed by atoms with Crippen molar-refractivity contribution >= 4 is 45.9 Å². The van der Waals surface area contributed by atoms with E-state index in [1.165, 1.54) is 30.1 Å². The van der Waals surface area contributed by atoms with Crippen molar-refractivity contribution in [2.75, 3.05) is 14.2 Å². The minimum absolute atomic E-state index is 0.260. The first-order valence-electron chi connectivity index (χ1n) is 10.9. The van der Waals surface area contributed by atoms with Gasteiger partial charge in [-0.25, -0.2) is 9.79 Å². The number of thiazole rings is 1. The van der Waals surface area contributed by atoms with Crippen LogP contribution < -0.4 is 19.6 Å². The molecule has 1 atom stereocenters. The summed E-state index contributed by atoms with van der Waals surface area (Å²) in [5.41, 5.74) is 3.93. The first-order chi connectivity index (χ1) is 16.8. The molecule has 0 radical (unpaired) electrons. The second-order valence-electron chi connectivity index (χ2n) is 8.17. The van der Waals surface area contributed by atoms with Crippen molar-refractivity contribution in [3.63, 3.8) is 0 Å². The maximum absolute atomic E-state index is 13.8. The van der Waals surface area contributed by atoms with E-state index in [-0.39, 0.29) is 11.1 Å². The quantitative estimate of drug-likeness (QED) is 0.425. The molecule has 9 heteroatoms. The molecule has 0 unspecified atom stereocenters. The highest BCUT2D eigenvalue weighted by molar-refractivity contribution is 7.07. The van der Waals surface area contributed by atoms with E-state index in [9.17, 15) is 9.59 Å². The second-order valence-corrected chi connectivity index (χ2v) is 9.61. The molecule has 3 heterocycles. The summed E-state index contributed by atoms with van der Waals surface area (Å²) in [4.78, 5) is 35.2. The predicted octanol–water partition coefficient (Wildman–Crippen LogP) is 3.86. The average Bonchev–Trinajstić information content (AvgIpc) is 3.33. The number of nitrogens with zero attached hydrogens (tertiary/aromatic N) is 2. The van der Waals surface area contributed by atoms with Gasteiger partial charge >= 0.3 is 5.97 Å². The van der Waals surface area contributed by atoms with Gasteiger partial charge in [0.2, 0.25) is 0 Å². The van der Waals surface area contributed by atoms with Crippen LogP contribution in [0.5, 0.6) is 5.75 Å². The van der Waals surface area contributed by atoms with E-state index in [4.69, 9.17) is 21.1 Å². The minimum atomic E-state index is -0.807. The second kappa shape index (κ2) is 8.87. The van der Waals surface area contributed by atoms with E-state index in [0.717, 1.165) is 22.2 Å². The standard InChI is InChI=1S/C26H22ClN3O4S/c1-13-17(16-7-5-6-8-19(16)28-13)12-21-24(31)30-23(18-11-15(27)9-10-20(18)33-3)22(25(32)34-4)14(2)29-26(30)35-21/h5-12,23,28H,1-4H3/b21-12-/t23-/m0/s1. The monoisotopic (exact) mass is 507 g/mol. The molecule has 2 aromatic carbocycles. The number of halogens is 1. The van der Waals surface area contributed by atoms with Crippen LogP contribution in [-0.2, 0) is 9.53 Å². The van der Waals surface area contributed by atoms with Gasteiger partial charge in [-0.1, -0.05) is 41.1 Å².